The smallest absolute Gasteiger partial charge is 0.124 e. The van der Waals surface area contributed by atoms with E-state index in [0.717, 1.165) is 0 Å². The fourth-order valence-electron chi connectivity index (χ4n) is 1.86. The highest BCUT2D eigenvalue weighted by atomic mass is 16.3. The molecule has 0 fully saturated rings. The van der Waals surface area contributed by atoms with Gasteiger partial charge >= 0.3 is 0 Å². The third-order valence-corrected chi connectivity index (χ3v) is 3.00. The van der Waals surface area contributed by atoms with Crippen molar-refractivity contribution in [1.29, 1.82) is 0 Å². The predicted molar refractivity (Wildman–Crippen MR) is 84.2 cm³/mol. The van der Waals surface area contributed by atoms with E-state index in [0.29, 0.717) is 24.2 Å². The van der Waals surface area contributed by atoms with Crippen LogP contribution in [0, 0.1) is 0 Å². The quantitative estimate of drug-likeness (QED) is 0.321. The Labute approximate surface area is 128 Å². The molecular formula is C16H18N2O4. The first-order valence-electron chi connectivity index (χ1n) is 6.78. The van der Waals surface area contributed by atoms with Crippen molar-refractivity contribution in [2.24, 2.45) is 4.99 Å². The topological polar surface area (TPSA) is 105 Å². The van der Waals surface area contributed by atoms with Crippen molar-refractivity contribution in [2.45, 2.75) is 6.10 Å². The molecule has 0 bridgehead atoms. The van der Waals surface area contributed by atoms with E-state index in [4.69, 9.17) is 0 Å². The molecule has 0 saturated carbocycles. The van der Waals surface area contributed by atoms with Crippen molar-refractivity contribution in [3.8, 4) is 11.5 Å². The Bertz CT molecular complexity index is 648. The van der Waals surface area contributed by atoms with Crippen LogP contribution in [0.25, 0.3) is 0 Å². The van der Waals surface area contributed by atoms with Gasteiger partial charge in [0.1, 0.15) is 17.3 Å². The van der Waals surface area contributed by atoms with Gasteiger partial charge in [0.25, 0.3) is 0 Å². The van der Waals surface area contributed by atoms with Gasteiger partial charge < -0.3 is 25.7 Å². The maximum Gasteiger partial charge on any atom is 0.124 e. The molecule has 0 aliphatic heterocycles. The zero-order chi connectivity index (χ0) is 15.9. The van der Waals surface area contributed by atoms with Crippen LogP contribution >= 0.6 is 0 Å². The molecule has 1 atom stereocenters. The lowest BCUT2D eigenvalue weighted by Crippen LogP contribution is -2.16. The van der Waals surface area contributed by atoms with E-state index < -0.39 is 6.10 Å². The molecule has 1 aliphatic rings. The molecule has 1 aromatic carbocycles. The van der Waals surface area contributed by atoms with E-state index in [1.165, 1.54) is 42.6 Å². The first-order valence-corrected chi connectivity index (χ1v) is 6.78. The fourth-order valence-corrected chi connectivity index (χ4v) is 1.86. The number of hydrogen-bond donors (Lipinski definition) is 5. The molecule has 0 heterocycles. The molecule has 116 valence electrons. The van der Waals surface area contributed by atoms with Gasteiger partial charge in [0.2, 0.25) is 0 Å². The van der Waals surface area contributed by atoms with Crippen molar-refractivity contribution in [3.63, 3.8) is 0 Å². The van der Waals surface area contributed by atoms with Crippen molar-refractivity contribution in [3.05, 3.63) is 59.5 Å². The summed E-state index contributed by atoms with van der Waals surface area (Å²) in [6, 6.07) is 4.22. The zero-order valence-corrected chi connectivity index (χ0v) is 11.8. The van der Waals surface area contributed by atoms with Gasteiger partial charge in [0, 0.05) is 30.1 Å². The fraction of sp³-hybridized carbons (Fsp3) is 0.188. The first kappa shape index (κ1) is 15.7. The maximum absolute atomic E-state index is 9.66. The molecule has 1 unspecified atom stereocenters. The predicted octanol–water partition coefficient (Wildman–Crippen LogP) is 1.36. The summed E-state index contributed by atoms with van der Waals surface area (Å²) in [4.78, 5) is 4.13. The number of aliphatic hydroxyl groups excluding tert-OH is 2. The number of nitrogens with one attached hydrogen (secondary N) is 1. The van der Waals surface area contributed by atoms with E-state index in [-0.39, 0.29) is 17.3 Å². The molecule has 5 N–H and O–H groups in total. The molecule has 0 spiro atoms. The van der Waals surface area contributed by atoms with Crippen LogP contribution in [0.5, 0.6) is 11.5 Å². The molecule has 1 aliphatic carbocycles. The molecule has 0 aromatic heterocycles. The standard InChI is InChI=1S/C16H18N2O4/c19-13-1-3-15(21)11(7-13)9-17-5-6-18-10-12-8-14(20)2-4-16(12)22/h1-4,7-10,15,17,19-22H,5-6H2/b11-9-,18-10?. The Balaban J connectivity index is 1.81. The lowest BCUT2D eigenvalue weighted by molar-refractivity contribution is 0.258. The Morgan fingerprint density at radius 1 is 1.23 bits per heavy atom. The maximum atomic E-state index is 9.66. The van der Waals surface area contributed by atoms with Crippen molar-refractivity contribution < 1.29 is 20.4 Å². The molecular weight excluding hydrogens is 284 g/mol. The minimum atomic E-state index is -0.740. The van der Waals surface area contributed by atoms with Gasteiger partial charge in [-0.2, -0.15) is 0 Å². The van der Waals surface area contributed by atoms with Crippen LogP contribution in [0.15, 0.2) is 59.0 Å². The van der Waals surface area contributed by atoms with Gasteiger partial charge in [0.05, 0.1) is 12.6 Å². The number of hydrogen-bond acceptors (Lipinski definition) is 6. The van der Waals surface area contributed by atoms with Crippen molar-refractivity contribution in [1.82, 2.24) is 5.32 Å². The summed E-state index contributed by atoms with van der Waals surface area (Å²) >= 11 is 0. The van der Waals surface area contributed by atoms with Gasteiger partial charge in [-0.05, 0) is 36.4 Å². The number of aliphatic hydroxyl groups is 2. The lowest BCUT2D eigenvalue weighted by Gasteiger charge is -2.12. The molecule has 1 aromatic rings. The average molecular weight is 302 g/mol. The number of phenolic OH excluding ortho intramolecular Hbond substituents is 2. The Hall–Kier alpha value is -2.73. The second-order valence-corrected chi connectivity index (χ2v) is 4.75. The number of rotatable bonds is 5. The van der Waals surface area contributed by atoms with Gasteiger partial charge in [-0.15, -0.1) is 0 Å². The highest BCUT2D eigenvalue weighted by molar-refractivity contribution is 5.83. The summed E-state index contributed by atoms with van der Waals surface area (Å²) in [5.74, 6) is 0.207. The number of benzene rings is 1. The number of phenols is 2. The third-order valence-electron chi connectivity index (χ3n) is 3.00. The second-order valence-electron chi connectivity index (χ2n) is 4.75. The van der Waals surface area contributed by atoms with E-state index in [1.807, 2.05) is 0 Å². The summed E-state index contributed by atoms with van der Waals surface area (Å²) in [6.07, 6.45) is 6.77. The van der Waals surface area contributed by atoms with Crippen LogP contribution < -0.4 is 5.32 Å². The molecule has 22 heavy (non-hydrogen) atoms. The van der Waals surface area contributed by atoms with E-state index >= 15 is 0 Å². The lowest BCUT2D eigenvalue weighted by atomic mass is 10.1. The largest absolute Gasteiger partial charge is 0.508 e. The Morgan fingerprint density at radius 3 is 2.86 bits per heavy atom. The third kappa shape index (κ3) is 4.39. The number of nitrogens with zero attached hydrogens (tertiary/aromatic N) is 1. The van der Waals surface area contributed by atoms with Crippen molar-refractivity contribution in [2.75, 3.05) is 13.1 Å². The number of aliphatic imine (C=N–C) groups is 1. The zero-order valence-electron chi connectivity index (χ0n) is 11.8. The summed E-state index contributed by atoms with van der Waals surface area (Å²) in [5, 5.41) is 40.9. The SMILES string of the molecule is OC1=C/C(=C/NCCN=Cc2cc(O)ccc2O)C(O)C=C1. The molecule has 6 nitrogen and oxygen atoms in total. The van der Waals surface area contributed by atoms with E-state index in [2.05, 4.69) is 10.3 Å². The van der Waals surface area contributed by atoms with Crippen molar-refractivity contribution >= 4 is 6.21 Å². The van der Waals surface area contributed by atoms with Gasteiger partial charge in [-0.3, -0.25) is 4.99 Å². The molecule has 0 radical (unpaired) electrons. The van der Waals surface area contributed by atoms with E-state index in [1.54, 1.807) is 6.20 Å². The highest BCUT2D eigenvalue weighted by Crippen LogP contribution is 2.20. The minimum Gasteiger partial charge on any atom is -0.508 e. The van der Waals surface area contributed by atoms with Crippen LogP contribution in [0.2, 0.25) is 0 Å². The second kappa shape index (κ2) is 7.33. The summed E-state index contributed by atoms with van der Waals surface area (Å²) < 4.78 is 0. The Kier molecular flexibility index (Phi) is 5.21. The summed E-state index contributed by atoms with van der Waals surface area (Å²) in [7, 11) is 0. The molecule has 0 amide bonds. The highest BCUT2D eigenvalue weighted by Gasteiger charge is 2.09. The van der Waals surface area contributed by atoms with E-state index in [9.17, 15) is 20.4 Å². The van der Waals surface area contributed by atoms with Crippen LogP contribution in [0.3, 0.4) is 0 Å². The van der Waals surface area contributed by atoms with Gasteiger partial charge in [0.15, 0.2) is 0 Å². The normalized spacial score (nSPS) is 19.6. The summed E-state index contributed by atoms with van der Waals surface area (Å²) in [6.45, 7) is 0.963. The van der Waals surface area contributed by atoms with Crippen LogP contribution in [-0.4, -0.2) is 45.8 Å². The number of aromatic hydroxyl groups is 2. The van der Waals surface area contributed by atoms with Crippen LogP contribution in [0.4, 0.5) is 0 Å². The molecule has 6 heteroatoms. The van der Waals surface area contributed by atoms with Crippen LogP contribution in [-0.2, 0) is 0 Å². The molecule has 0 saturated heterocycles. The molecule has 2 rings (SSSR count). The van der Waals surface area contributed by atoms with Gasteiger partial charge in [-0.1, -0.05) is 0 Å². The Morgan fingerprint density at radius 2 is 2.05 bits per heavy atom. The minimum absolute atomic E-state index is 0.0503. The monoisotopic (exact) mass is 302 g/mol. The van der Waals surface area contributed by atoms with Crippen LogP contribution in [0.1, 0.15) is 5.56 Å². The number of allylic oxidation sites excluding steroid dienone is 1. The summed E-state index contributed by atoms with van der Waals surface area (Å²) in [5.41, 5.74) is 1.01. The first-order chi connectivity index (χ1) is 10.6. The average Bonchev–Trinajstić information content (AvgIpc) is 2.49. The van der Waals surface area contributed by atoms with Gasteiger partial charge in [-0.25, -0.2) is 0 Å².